The van der Waals surface area contributed by atoms with E-state index >= 15 is 4.39 Å². The van der Waals surface area contributed by atoms with Crippen molar-refractivity contribution in [2.75, 3.05) is 39.6 Å². The first-order valence-electron chi connectivity index (χ1n) is 25.6. The number of rotatable bonds is 31. The van der Waals surface area contributed by atoms with Gasteiger partial charge in [0.05, 0.1) is 50.6 Å². The summed E-state index contributed by atoms with van der Waals surface area (Å²) in [5.41, 5.74) is 3.18. The maximum Gasteiger partial charge on any atom is 0.343 e. The molecule has 3 aromatic carbocycles. The zero-order chi connectivity index (χ0) is 49.8. The average molecular weight is 967 g/mol. The van der Waals surface area contributed by atoms with E-state index < -0.39 is 11.8 Å². The summed E-state index contributed by atoms with van der Waals surface area (Å²) in [5.74, 6) is 0.538. The minimum absolute atomic E-state index is 0.0328. The maximum atomic E-state index is 15.0. The second-order valence-corrected chi connectivity index (χ2v) is 18.6. The number of esters is 4. The van der Waals surface area contributed by atoms with Gasteiger partial charge in [0, 0.05) is 25.2 Å². The van der Waals surface area contributed by atoms with Crippen LogP contribution >= 0.6 is 0 Å². The van der Waals surface area contributed by atoms with E-state index in [0.717, 1.165) is 119 Å². The molecule has 2 aliphatic rings. The number of ether oxygens (including phenoxy) is 7. The van der Waals surface area contributed by atoms with Crippen LogP contribution in [0.25, 0.3) is 0 Å². The molecule has 0 saturated heterocycles. The van der Waals surface area contributed by atoms with Crippen molar-refractivity contribution in [3.63, 3.8) is 0 Å². The van der Waals surface area contributed by atoms with E-state index in [1.54, 1.807) is 36.4 Å². The molecule has 2 fully saturated rings. The van der Waals surface area contributed by atoms with Crippen LogP contribution < -0.4 is 14.2 Å². The van der Waals surface area contributed by atoms with Gasteiger partial charge in [0.25, 0.3) is 0 Å². The molecule has 0 unspecified atom stereocenters. The van der Waals surface area contributed by atoms with E-state index in [9.17, 15) is 19.2 Å². The fourth-order valence-corrected chi connectivity index (χ4v) is 8.95. The van der Waals surface area contributed by atoms with Gasteiger partial charge in [0.2, 0.25) is 0 Å². The van der Waals surface area contributed by atoms with Crippen molar-refractivity contribution in [2.24, 2.45) is 17.8 Å². The van der Waals surface area contributed by atoms with Gasteiger partial charge in [-0.1, -0.05) is 43.0 Å². The highest BCUT2D eigenvalue weighted by molar-refractivity contribution is 5.91. The smallest absolute Gasteiger partial charge is 0.343 e. The second-order valence-electron chi connectivity index (χ2n) is 18.6. The molecule has 11 nitrogen and oxygen atoms in total. The summed E-state index contributed by atoms with van der Waals surface area (Å²) >= 11 is 0. The number of allylic oxidation sites excluding steroid dienone is 2. The molecule has 2 saturated carbocycles. The maximum absolute atomic E-state index is 15.0. The van der Waals surface area contributed by atoms with Crippen LogP contribution in [0.15, 0.2) is 104 Å². The molecule has 70 heavy (non-hydrogen) atoms. The summed E-state index contributed by atoms with van der Waals surface area (Å²) in [7, 11) is 0. The summed E-state index contributed by atoms with van der Waals surface area (Å²) in [6.07, 6.45) is 22.1. The van der Waals surface area contributed by atoms with Gasteiger partial charge in [-0.25, -0.2) is 18.8 Å². The Bertz CT molecular complexity index is 2100. The van der Waals surface area contributed by atoms with Gasteiger partial charge in [-0.2, -0.15) is 0 Å². The molecule has 0 amide bonds. The Morgan fingerprint density at radius 1 is 0.614 bits per heavy atom. The SMILES string of the molecule is C=CC(=O)OCCCCCCOc1ccc(CCc2ccc(OC(=O)c3ccc(OCCCCCOC4CCC(C5CCC(C(=O)OCCCOC(=O)/C=C/CC(=C)C)CC5)CC4)cc3)c(F)c2)cc1. The van der Waals surface area contributed by atoms with Crippen molar-refractivity contribution in [3.05, 3.63) is 126 Å². The molecule has 0 radical (unpaired) electrons. The number of hydrogen-bond donors (Lipinski definition) is 0. The second kappa shape index (κ2) is 31.5. The molecular weight excluding hydrogens is 892 g/mol. The molecule has 12 heteroatoms. The van der Waals surface area contributed by atoms with Gasteiger partial charge < -0.3 is 33.2 Å². The van der Waals surface area contributed by atoms with Crippen LogP contribution in [0.1, 0.15) is 138 Å². The van der Waals surface area contributed by atoms with Gasteiger partial charge in [-0.3, -0.25) is 4.79 Å². The number of halogens is 1. The zero-order valence-electron chi connectivity index (χ0n) is 41.4. The quantitative estimate of drug-likeness (QED) is 0.0152. The van der Waals surface area contributed by atoms with E-state index in [2.05, 4.69) is 13.2 Å². The summed E-state index contributed by atoms with van der Waals surface area (Å²) in [6, 6.07) is 19.3. The van der Waals surface area contributed by atoms with E-state index in [-0.39, 0.29) is 42.8 Å². The van der Waals surface area contributed by atoms with Crippen molar-refractivity contribution in [1.29, 1.82) is 0 Å². The number of hydrogen-bond acceptors (Lipinski definition) is 11. The number of carbonyl (C=O) groups is 4. The van der Waals surface area contributed by atoms with Crippen molar-refractivity contribution in [1.82, 2.24) is 0 Å². The van der Waals surface area contributed by atoms with Crippen molar-refractivity contribution in [3.8, 4) is 17.2 Å². The van der Waals surface area contributed by atoms with Crippen molar-refractivity contribution in [2.45, 2.75) is 135 Å². The standard InChI is InChI=1S/C58H75FO11/c1-4-55(60)67-39-9-6-5-8-36-64-50-29-18-44(19-30-50)16-17-45-20-35-54(53(59)42-45)70-58(63)49-27-33-52(34-28-49)66-38-11-7-10-37-65-51-31-25-47(26-32-51)46-21-23-48(24-22-46)57(62)69-41-13-40-68-56(61)15-12-14-43(2)3/h4,12,15,18-20,27-30,33-35,42,46-48,51H,1-2,5-11,13-14,16-17,21-26,31-32,36-41H2,3H3/b15-12+. The third kappa shape index (κ3) is 21.1. The Kier molecular flexibility index (Phi) is 24.8. The molecule has 2 aliphatic carbocycles. The molecular formula is C58H75FO11. The Hall–Kier alpha value is -5.75. The lowest BCUT2D eigenvalue weighted by atomic mass is 9.70. The highest BCUT2D eigenvalue weighted by Crippen LogP contribution is 2.41. The lowest BCUT2D eigenvalue weighted by molar-refractivity contribution is -0.150. The van der Waals surface area contributed by atoms with Gasteiger partial charge in [-0.05, 0) is 194 Å². The highest BCUT2D eigenvalue weighted by atomic mass is 19.1. The fourth-order valence-electron chi connectivity index (χ4n) is 8.95. The third-order valence-corrected chi connectivity index (χ3v) is 13.0. The molecule has 0 heterocycles. The predicted octanol–water partition coefficient (Wildman–Crippen LogP) is 12.4. The van der Waals surface area contributed by atoms with Crippen LogP contribution in [0.4, 0.5) is 4.39 Å². The Morgan fingerprint density at radius 3 is 1.80 bits per heavy atom. The molecule has 0 aromatic heterocycles. The van der Waals surface area contributed by atoms with Gasteiger partial charge in [0.1, 0.15) is 11.5 Å². The number of benzene rings is 3. The molecule has 0 N–H and O–H groups in total. The molecule has 0 bridgehead atoms. The lowest BCUT2D eigenvalue weighted by Gasteiger charge is -2.37. The monoisotopic (exact) mass is 967 g/mol. The molecule has 5 rings (SSSR count). The number of carbonyl (C=O) groups excluding carboxylic acids is 4. The van der Waals surface area contributed by atoms with E-state index in [4.69, 9.17) is 33.2 Å². The van der Waals surface area contributed by atoms with Crippen molar-refractivity contribution < 1.29 is 56.7 Å². The van der Waals surface area contributed by atoms with E-state index in [0.29, 0.717) is 68.3 Å². The molecule has 380 valence electrons. The van der Waals surface area contributed by atoms with Gasteiger partial charge >= 0.3 is 23.9 Å². The summed E-state index contributed by atoms with van der Waals surface area (Å²) in [6.45, 7) is 11.9. The Morgan fingerprint density at radius 2 is 1.16 bits per heavy atom. The van der Waals surface area contributed by atoms with Crippen LogP contribution in [-0.2, 0) is 46.2 Å². The minimum atomic E-state index is -0.641. The Balaban J connectivity index is 0.854. The van der Waals surface area contributed by atoms with Crippen LogP contribution in [0.2, 0.25) is 0 Å². The molecule has 0 atom stereocenters. The first kappa shape index (κ1) is 55.2. The topological polar surface area (TPSA) is 133 Å². The largest absolute Gasteiger partial charge is 0.494 e. The lowest BCUT2D eigenvalue weighted by Crippen LogP contribution is -2.31. The van der Waals surface area contributed by atoms with Crippen LogP contribution in [0.3, 0.4) is 0 Å². The summed E-state index contributed by atoms with van der Waals surface area (Å²) in [5, 5.41) is 0. The highest BCUT2D eigenvalue weighted by Gasteiger charge is 2.33. The van der Waals surface area contributed by atoms with Gasteiger partial charge in [-0.15, -0.1) is 0 Å². The van der Waals surface area contributed by atoms with Crippen LogP contribution in [0.5, 0.6) is 17.2 Å². The normalized spacial score (nSPS) is 17.9. The average Bonchev–Trinajstić information content (AvgIpc) is 3.37. The molecule has 3 aromatic rings. The Labute approximate surface area is 415 Å². The van der Waals surface area contributed by atoms with E-state index in [1.807, 2.05) is 31.2 Å². The van der Waals surface area contributed by atoms with Crippen molar-refractivity contribution >= 4 is 23.9 Å². The van der Waals surface area contributed by atoms with Crippen LogP contribution in [-0.4, -0.2) is 69.6 Å². The van der Waals surface area contributed by atoms with Crippen LogP contribution in [0, 0.1) is 23.6 Å². The number of aryl methyl sites for hydroxylation is 2. The summed E-state index contributed by atoms with van der Waals surface area (Å²) in [4.78, 5) is 48.3. The first-order valence-corrected chi connectivity index (χ1v) is 25.6. The number of unbranched alkanes of at least 4 members (excludes halogenated alkanes) is 5. The molecule has 0 aliphatic heterocycles. The van der Waals surface area contributed by atoms with Gasteiger partial charge in [0.15, 0.2) is 11.6 Å². The fraction of sp³-hybridized carbons (Fsp3) is 0.517. The zero-order valence-corrected chi connectivity index (χ0v) is 41.4. The van der Waals surface area contributed by atoms with E-state index in [1.165, 1.54) is 37.1 Å². The first-order chi connectivity index (χ1) is 34.1. The molecule has 0 spiro atoms. The summed E-state index contributed by atoms with van der Waals surface area (Å²) < 4.78 is 54.1. The minimum Gasteiger partial charge on any atom is -0.494 e. The third-order valence-electron chi connectivity index (χ3n) is 13.0. The predicted molar refractivity (Wildman–Crippen MR) is 268 cm³/mol.